The van der Waals surface area contributed by atoms with Crippen molar-refractivity contribution in [3.05, 3.63) is 41.1 Å². The van der Waals surface area contributed by atoms with Crippen molar-refractivity contribution in [2.24, 2.45) is 0 Å². The minimum Gasteiger partial charge on any atom is -0.463 e. The predicted octanol–water partition coefficient (Wildman–Crippen LogP) is 1.91. The molecule has 0 bridgehead atoms. The minimum atomic E-state index is -0.537. The fraction of sp³-hybridized carbons (Fsp3) is 0.474. The van der Waals surface area contributed by atoms with Gasteiger partial charge in [-0.2, -0.15) is 0 Å². The Morgan fingerprint density at radius 3 is 2.63 bits per heavy atom. The van der Waals surface area contributed by atoms with Gasteiger partial charge in [0.05, 0.1) is 31.4 Å². The second-order valence-electron chi connectivity index (χ2n) is 6.31. The van der Waals surface area contributed by atoms with Gasteiger partial charge in [0, 0.05) is 30.2 Å². The summed E-state index contributed by atoms with van der Waals surface area (Å²) in [5.74, 6) is -0.410. The molecule has 1 saturated heterocycles. The first-order chi connectivity index (χ1) is 13.1. The average Bonchev–Trinajstić information content (AvgIpc) is 2.68. The normalized spacial score (nSPS) is 20.8. The molecule has 1 fully saturated rings. The number of benzene rings is 1. The Morgan fingerprint density at radius 1 is 1.30 bits per heavy atom. The highest BCUT2D eigenvalue weighted by Crippen LogP contribution is 2.29. The molecule has 8 heteroatoms. The van der Waals surface area contributed by atoms with Crippen LogP contribution in [0, 0.1) is 0 Å². The molecule has 146 valence electrons. The summed E-state index contributed by atoms with van der Waals surface area (Å²) in [4.78, 5) is 28.3. The van der Waals surface area contributed by atoms with Gasteiger partial charge in [0.2, 0.25) is 0 Å². The molecule has 2 heterocycles. The second-order valence-corrected chi connectivity index (χ2v) is 7.19. The molecule has 0 aromatic heterocycles. The summed E-state index contributed by atoms with van der Waals surface area (Å²) in [6, 6.07) is 6.99. The van der Waals surface area contributed by atoms with E-state index < -0.39 is 12.0 Å². The van der Waals surface area contributed by atoms with Gasteiger partial charge in [0.15, 0.2) is 0 Å². The van der Waals surface area contributed by atoms with E-state index in [1.807, 2.05) is 30.5 Å². The number of amides is 2. The first-order valence-corrected chi connectivity index (χ1v) is 10.3. The third-order valence-electron chi connectivity index (χ3n) is 4.58. The molecule has 1 atom stereocenters. The van der Waals surface area contributed by atoms with Crippen LogP contribution >= 0.6 is 11.8 Å². The van der Waals surface area contributed by atoms with E-state index in [4.69, 9.17) is 9.47 Å². The van der Waals surface area contributed by atoms with Gasteiger partial charge in [0.25, 0.3) is 0 Å². The number of hydrogen-bond acceptors (Lipinski definition) is 6. The standard InChI is InChI=1S/C19H25N3O4S/c1-3-26-18(23)16-15(12-22-8-10-25-11-9-22)20-19(24)21-17(16)13-4-6-14(27-2)7-5-13/h4-7,17H,3,8-12H2,1-2H3,(H2,20,21,24)/t17-/m1/s1. The van der Waals surface area contributed by atoms with Gasteiger partial charge < -0.3 is 20.1 Å². The Hall–Kier alpha value is -2.03. The van der Waals surface area contributed by atoms with Crippen LogP contribution < -0.4 is 10.6 Å². The molecule has 2 N–H and O–H groups in total. The van der Waals surface area contributed by atoms with Crippen LogP contribution in [0.3, 0.4) is 0 Å². The van der Waals surface area contributed by atoms with Crippen LogP contribution in [0.15, 0.2) is 40.4 Å². The molecule has 7 nitrogen and oxygen atoms in total. The third-order valence-corrected chi connectivity index (χ3v) is 5.33. The number of hydrogen-bond donors (Lipinski definition) is 2. The first kappa shape index (κ1) is 19.7. The van der Waals surface area contributed by atoms with E-state index in [0.29, 0.717) is 31.0 Å². The molecule has 0 unspecified atom stereocenters. The van der Waals surface area contributed by atoms with E-state index in [0.717, 1.165) is 23.5 Å². The molecule has 1 aromatic rings. The molecule has 1 aromatic carbocycles. The number of carbonyl (C=O) groups excluding carboxylic acids is 2. The summed E-state index contributed by atoms with van der Waals surface area (Å²) >= 11 is 1.64. The minimum absolute atomic E-state index is 0.277. The zero-order valence-electron chi connectivity index (χ0n) is 15.6. The highest BCUT2D eigenvalue weighted by Gasteiger charge is 2.34. The van der Waals surface area contributed by atoms with E-state index in [9.17, 15) is 9.59 Å². The lowest BCUT2D eigenvalue weighted by molar-refractivity contribution is -0.139. The fourth-order valence-corrected chi connectivity index (χ4v) is 3.63. The fourth-order valence-electron chi connectivity index (χ4n) is 3.22. The molecule has 0 aliphatic carbocycles. The van der Waals surface area contributed by atoms with Gasteiger partial charge in [-0.1, -0.05) is 12.1 Å². The number of morpholine rings is 1. The van der Waals surface area contributed by atoms with Gasteiger partial charge in [-0.05, 0) is 30.9 Å². The Bertz CT molecular complexity index is 714. The van der Waals surface area contributed by atoms with Crippen LogP contribution in [0.5, 0.6) is 0 Å². The van der Waals surface area contributed by atoms with Crippen molar-refractivity contribution in [3.63, 3.8) is 0 Å². The number of ether oxygens (including phenoxy) is 2. The highest BCUT2D eigenvalue weighted by molar-refractivity contribution is 7.98. The molecule has 3 rings (SSSR count). The van der Waals surface area contributed by atoms with Gasteiger partial charge in [-0.25, -0.2) is 9.59 Å². The largest absolute Gasteiger partial charge is 0.463 e. The van der Waals surface area contributed by atoms with Crippen molar-refractivity contribution in [1.29, 1.82) is 0 Å². The molecule has 0 saturated carbocycles. The molecule has 0 spiro atoms. The van der Waals surface area contributed by atoms with E-state index >= 15 is 0 Å². The van der Waals surface area contributed by atoms with Crippen LogP contribution in [-0.2, 0) is 14.3 Å². The molecular weight excluding hydrogens is 366 g/mol. The quantitative estimate of drug-likeness (QED) is 0.570. The van der Waals surface area contributed by atoms with Crippen molar-refractivity contribution in [2.45, 2.75) is 17.9 Å². The SMILES string of the molecule is CCOC(=O)C1=C(CN2CCOCC2)NC(=O)N[C@@H]1c1ccc(SC)cc1. The highest BCUT2D eigenvalue weighted by atomic mass is 32.2. The maximum absolute atomic E-state index is 12.7. The number of thioether (sulfide) groups is 1. The third kappa shape index (κ3) is 4.82. The molecule has 27 heavy (non-hydrogen) atoms. The van der Waals surface area contributed by atoms with E-state index in [1.165, 1.54) is 0 Å². The molecular formula is C19H25N3O4S. The zero-order chi connectivity index (χ0) is 19.2. The summed E-state index contributed by atoms with van der Waals surface area (Å²) in [6.45, 7) is 5.34. The summed E-state index contributed by atoms with van der Waals surface area (Å²) in [5, 5.41) is 5.69. The summed E-state index contributed by atoms with van der Waals surface area (Å²) in [6.07, 6.45) is 2.01. The summed E-state index contributed by atoms with van der Waals surface area (Å²) in [5.41, 5.74) is 1.91. The Kier molecular flexibility index (Phi) is 6.76. The smallest absolute Gasteiger partial charge is 0.338 e. The van der Waals surface area contributed by atoms with Crippen LogP contribution in [-0.4, -0.2) is 62.6 Å². The Morgan fingerprint density at radius 2 is 2.00 bits per heavy atom. The number of carbonyl (C=O) groups is 2. The zero-order valence-corrected chi connectivity index (χ0v) is 16.4. The van der Waals surface area contributed by atoms with Crippen molar-refractivity contribution in [1.82, 2.24) is 15.5 Å². The average molecular weight is 391 g/mol. The predicted molar refractivity (Wildman–Crippen MR) is 104 cm³/mol. The topological polar surface area (TPSA) is 79.9 Å². The lowest BCUT2D eigenvalue weighted by Crippen LogP contribution is -2.49. The molecule has 2 aliphatic rings. The molecule has 0 radical (unpaired) electrons. The van der Waals surface area contributed by atoms with Crippen molar-refractivity contribution < 1.29 is 19.1 Å². The van der Waals surface area contributed by atoms with Gasteiger partial charge in [0.1, 0.15) is 0 Å². The van der Waals surface area contributed by atoms with E-state index in [-0.39, 0.29) is 12.6 Å². The van der Waals surface area contributed by atoms with Crippen molar-refractivity contribution in [2.75, 3.05) is 45.7 Å². The number of nitrogens with one attached hydrogen (secondary N) is 2. The van der Waals surface area contributed by atoms with Crippen LogP contribution in [0.25, 0.3) is 0 Å². The van der Waals surface area contributed by atoms with Crippen molar-refractivity contribution >= 4 is 23.8 Å². The number of esters is 1. The lowest BCUT2D eigenvalue weighted by atomic mass is 9.95. The van der Waals surface area contributed by atoms with Gasteiger partial charge >= 0.3 is 12.0 Å². The maximum atomic E-state index is 12.7. The van der Waals surface area contributed by atoms with E-state index in [1.54, 1.807) is 18.7 Å². The van der Waals surface area contributed by atoms with Gasteiger partial charge in [-0.15, -0.1) is 11.8 Å². The monoisotopic (exact) mass is 391 g/mol. The lowest BCUT2D eigenvalue weighted by Gasteiger charge is -2.33. The Labute approximate surface area is 163 Å². The van der Waals surface area contributed by atoms with E-state index in [2.05, 4.69) is 15.5 Å². The Balaban J connectivity index is 1.95. The maximum Gasteiger partial charge on any atom is 0.338 e. The van der Waals surface area contributed by atoms with Gasteiger partial charge in [-0.3, -0.25) is 4.90 Å². The van der Waals surface area contributed by atoms with Crippen LogP contribution in [0.2, 0.25) is 0 Å². The summed E-state index contributed by atoms with van der Waals surface area (Å²) in [7, 11) is 0. The van der Waals surface area contributed by atoms with Crippen LogP contribution in [0.4, 0.5) is 4.79 Å². The molecule has 2 aliphatic heterocycles. The van der Waals surface area contributed by atoms with Crippen molar-refractivity contribution in [3.8, 4) is 0 Å². The number of nitrogens with zero attached hydrogens (tertiary/aromatic N) is 1. The number of urea groups is 1. The second kappa shape index (κ2) is 9.25. The summed E-state index contributed by atoms with van der Waals surface area (Å²) < 4.78 is 10.7. The first-order valence-electron chi connectivity index (χ1n) is 9.04. The molecule has 2 amide bonds. The van der Waals surface area contributed by atoms with Crippen LogP contribution in [0.1, 0.15) is 18.5 Å². The number of rotatable bonds is 6.